The summed E-state index contributed by atoms with van der Waals surface area (Å²) in [5.41, 5.74) is 4.52. The van der Waals surface area contributed by atoms with Crippen molar-refractivity contribution in [1.29, 1.82) is 0 Å². The molecule has 1 unspecified atom stereocenters. The van der Waals surface area contributed by atoms with Crippen molar-refractivity contribution in [2.24, 2.45) is 0 Å². The number of fused-ring (bicyclic) bond motifs is 2. The number of nitrogens with one attached hydrogen (secondary N) is 2. The number of nitrogens with zero attached hydrogens (tertiary/aromatic N) is 1. The molecule has 0 aromatic heterocycles. The van der Waals surface area contributed by atoms with Crippen molar-refractivity contribution in [1.82, 2.24) is 10.6 Å². The van der Waals surface area contributed by atoms with Crippen LogP contribution in [0.1, 0.15) is 30.5 Å². The Labute approximate surface area is 180 Å². The molecule has 2 aromatic carbocycles. The molecule has 0 aliphatic carbocycles. The third-order valence-electron chi connectivity index (χ3n) is 5.51. The first-order valence-electron chi connectivity index (χ1n) is 9.98. The van der Waals surface area contributed by atoms with Gasteiger partial charge >= 0.3 is 12.0 Å². The number of esters is 1. The van der Waals surface area contributed by atoms with E-state index in [9.17, 15) is 19.5 Å². The highest BCUT2D eigenvalue weighted by Gasteiger charge is 2.34. The standard InChI is InChI=1S/C22H22BN3O5/c1-12(27)31-11-19(29)26-9-8-15-20(13-6-7-18(28)16(23)10-13)24-22(30)25-21(15)14-4-2-3-5-17(14)26/h2-7,10,20,28H,8-9,11,23H2,1H3,(H2,24,25,30). The molecular formula is C22H22BN3O5. The number of carbonyl (C=O) groups excluding carboxylic acids is 3. The third-order valence-corrected chi connectivity index (χ3v) is 5.51. The fourth-order valence-electron chi connectivity index (χ4n) is 4.02. The Kier molecular flexibility index (Phi) is 5.41. The zero-order valence-corrected chi connectivity index (χ0v) is 17.3. The van der Waals surface area contributed by atoms with E-state index in [1.54, 1.807) is 24.9 Å². The van der Waals surface area contributed by atoms with Crippen LogP contribution in [0.25, 0.3) is 5.70 Å². The van der Waals surface area contributed by atoms with Crippen molar-refractivity contribution in [2.75, 3.05) is 18.1 Å². The van der Waals surface area contributed by atoms with Gasteiger partial charge in [-0.05, 0) is 35.2 Å². The van der Waals surface area contributed by atoms with Gasteiger partial charge in [-0.2, -0.15) is 0 Å². The summed E-state index contributed by atoms with van der Waals surface area (Å²) in [4.78, 5) is 38.1. The number of rotatable bonds is 3. The summed E-state index contributed by atoms with van der Waals surface area (Å²) in [5.74, 6) is -0.668. The van der Waals surface area contributed by atoms with Gasteiger partial charge in [0, 0.05) is 19.0 Å². The van der Waals surface area contributed by atoms with Crippen molar-refractivity contribution >= 4 is 42.6 Å². The van der Waals surface area contributed by atoms with Crippen molar-refractivity contribution in [3.8, 4) is 5.75 Å². The van der Waals surface area contributed by atoms with Crippen LogP contribution in [0.4, 0.5) is 10.5 Å². The van der Waals surface area contributed by atoms with E-state index in [4.69, 9.17) is 4.74 Å². The van der Waals surface area contributed by atoms with E-state index in [0.717, 1.165) is 16.7 Å². The van der Waals surface area contributed by atoms with Crippen LogP contribution in [-0.2, 0) is 14.3 Å². The first kappa shape index (κ1) is 20.5. The van der Waals surface area contributed by atoms with Gasteiger partial charge in [-0.3, -0.25) is 9.59 Å². The van der Waals surface area contributed by atoms with Crippen LogP contribution >= 0.6 is 0 Å². The predicted molar refractivity (Wildman–Crippen MR) is 118 cm³/mol. The minimum absolute atomic E-state index is 0.187. The molecule has 4 rings (SSSR count). The zero-order chi connectivity index (χ0) is 22.1. The summed E-state index contributed by atoms with van der Waals surface area (Å²) >= 11 is 0. The third kappa shape index (κ3) is 3.99. The van der Waals surface area contributed by atoms with Crippen molar-refractivity contribution in [3.05, 3.63) is 59.2 Å². The summed E-state index contributed by atoms with van der Waals surface area (Å²) in [7, 11) is 1.80. The highest BCUT2D eigenvalue weighted by molar-refractivity contribution is 6.34. The second-order valence-corrected chi connectivity index (χ2v) is 7.57. The number of benzene rings is 2. The average molecular weight is 419 g/mol. The molecule has 0 saturated heterocycles. The van der Waals surface area contributed by atoms with Crippen LogP contribution in [0.3, 0.4) is 0 Å². The second-order valence-electron chi connectivity index (χ2n) is 7.57. The molecular weight excluding hydrogens is 397 g/mol. The molecule has 0 saturated carbocycles. The zero-order valence-electron chi connectivity index (χ0n) is 17.3. The Morgan fingerprint density at radius 3 is 2.77 bits per heavy atom. The number of urea groups is 1. The maximum absolute atomic E-state index is 12.8. The monoisotopic (exact) mass is 419 g/mol. The number of ether oxygens (including phenoxy) is 1. The van der Waals surface area contributed by atoms with Crippen molar-refractivity contribution < 1.29 is 24.2 Å². The molecule has 2 aliphatic rings. The van der Waals surface area contributed by atoms with Gasteiger partial charge in [0.05, 0.1) is 17.4 Å². The van der Waals surface area contributed by atoms with Crippen molar-refractivity contribution in [2.45, 2.75) is 19.4 Å². The van der Waals surface area contributed by atoms with E-state index in [1.165, 1.54) is 6.92 Å². The molecule has 31 heavy (non-hydrogen) atoms. The lowest BCUT2D eigenvalue weighted by Crippen LogP contribution is -2.43. The molecule has 9 heteroatoms. The lowest BCUT2D eigenvalue weighted by molar-refractivity contribution is -0.145. The molecule has 0 bridgehead atoms. The SMILES string of the molecule is Bc1cc(C2NC(=O)NC3=C2CCN(C(=O)COC(C)=O)c2ccccc23)ccc1O. The number of carbonyl (C=O) groups is 3. The van der Waals surface area contributed by atoms with Gasteiger partial charge in [0.2, 0.25) is 0 Å². The summed E-state index contributed by atoms with van der Waals surface area (Å²) in [6.07, 6.45) is 0.494. The largest absolute Gasteiger partial charge is 0.509 e. The number of hydrogen-bond donors (Lipinski definition) is 3. The number of anilines is 1. The van der Waals surface area contributed by atoms with Gasteiger partial charge in [0.15, 0.2) is 6.61 Å². The topological polar surface area (TPSA) is 108 Å². The second kappa shape index (κ2) is 8.18. The van der Waals surface area contributed by atoms with Crippen LogP contribution in [-0.4, -0.2) is 44.0 Å². The molecule has 0 radical (unpaired) electrons. The lowest BCUT2D eigenvalue weighted by Gasteiger charge is -2.30. The number of amides is 3. The summed E-state index contributed by atoms with van der Waals surface area (Å²) in [6, 6.07) is 11.8. The fraction of sp³-hybridized carbons (Fsp3) is 0.227. The van der Waals surface area contributed by atoms with E-state index in [0.29, 0.717) is 29.8 Å². The van der Waals surface area contributed by atoms with E-state index in [-0.39, 0.29) is 24.3 Å². The Morgan fingerprint density at radius 2 is 2.03 bits per heavy atom. The molecule has 3 amide bonds. The number of phenolic OH excluding ortho intramolecular Hbond substituents is 1. The first-order chi connectivity index (χ1) is 14.8. The van der Waals surface area contributed by atoms with Crippen LogP contribution in [0.2, 0.25) is 0 Å². The van der Waals surface area contributed by atoms with Crippen LogP contribution < -0.4 is 21.0 Å². The Hall–Kier alpha value is -3.75. The molecule has 158 valence electrons. The number of hydrogen-bond acceptors (Lipinski definition) is 5. The number of phenols is 1. The maximum atomic E-state index is 12.8. The highest BCUT2D eigenvalue weighted by atomic mass is 16.5. The smallest absolute Gasteiger partial charge is 0.320 e. The average Bonchev–Trinajstić information content (AvgIpc) is 2.91. The minimum Gasteiger partial charge on any atom is -0.509 e. The van der Waals surface area contributed by atoms with Gasteiger partial charge in [-0.25, -0.2) is 4.79 Å². The molecule has 2 heterocycles. The van der Waals surface area contributed by atoms with E-state index in [2.05, 4.69) is 10.6 Å². The molecule has 2 aliphatic heterocycles. The number of aromatic hydroxyl groups is 1. The Bertz CT molecular complexity index is 1110. The van der Waals surface area contributed by atoms with Crippen molar-refractivity contribution in [3.63, 3.8) is 0 Å². The van der Waals surface area contributed by atoms with Gasteiger partial charge in [0.1, 0.15) is 13.6 Å². The van der Waals surface area contributed by atoms with Gasteiger partial charge < -0.3 is 25.4 Å². The van der Waals surface area contributed by atoms with Gasteiger partial charge in [0.25, 0.3) is 5.91 Å². The molecule has 0 fully saturated rings. The van der Waals surface area contributed by atoms with Crippen LogP contribution in [0.5, 0.6) is 5.75 Å². The summed E-state index contributed by atoms with van der Waals surface area (Å²) < 4.78 is 4.91. The van der Waals surface area contributed by atoms with Gasteiger partial charge in [-0.15, -0.1) is 0 Å². The maximum Gasteiger partial charge on any atom is 0.320 e. The lowest BCUT2D eigenvalue weighted by atomic mass is 9.86. The summed E-state index contributed by atoms with van der Waals surface area (Å²) in [5, 5.41) is 15.8. The van der Waals surface area contributed by atoms with Crippen LogP contribution in [0.15, 0.2) is 48.0 Å². The normalized spacial score (nSPS) is 17.6. The fourth-order valence-corrected chi connectivity index (χ4v) is 4.02. The first-order valence-corrected chi connectivity index (χ1v) is 9.98. The number of para-hydroxylation sites is 1. The molecule has 2 aromatic rings. The Balaban J connectivity index is 1.77. The summed E-state index contributed by atoms with van der Waals surface area (Å²) in [6.45, 7) is 1.27. The quantitative estimate of drug-likeness (QED) is 0.502. The molecule has 8 nitrogen and oxygen atoms in total. The van der Waals surface area contributed by atoms with E-state index >= 15 is 0 Å². The Morgan fingerprint density at radius 1 is 1.26 bits per heavy atom. The molecule has 0 spiro atoms. The van der Waals surface area contributed by atoms with E-state index in [1.807, 2.05) is 30.3 Å². The van der Waals surface area contributed by atoms with E-state index < -0.39 is 12.0 Å². The van der Waals surface area contributed by atoms with Crippen LogP contribution in [0, 0.1) is 0 Å². The molecule has 1 atom stereocenters. The highest BCUT2D eigenvalue weighted by Crippen LogP contribution is 2.39. The predicted octanol–water partition coefficient (Wildman–Crippen LogP) is 0.716. The molecule has 3 N–H and O–H groups in total. The van der Waals surface area contributed by atoms with Gasteiger partial charge in [-0.1, -0.05) is 30.3 Å². The minimum atomic E-state index is -0.520.